The molecule has 0 amide bonds. The van der Waals surface area contributed by atoms with E-state index >= 15 is 0 Å². The standard InChI is InChI=1S/C18H17FN2O3/c1-12-3-8-16-15(11-12)17(22)21(18(23)20(16)2)9-10-24-14-6-4-13(19)5-7-14/h3-8,11H,9-10H2,1-2H3. The first-order valence-electron chi connectivity index (χ1n) is 7.56. The lowest BCUT2D eigenvalue weighted by Crippen LogP contribution is -2.40. The van der Waals surface area contributed by atoms with Crippen molar-refractivity contribution >= 4 is 10.9 Å². The fourth-order valence-electron chi connectivity index (χ4n) is 2.61. The molecule has 0 saturated heterocycles. The number of aromatic nitrogens is 2. The van der Waals surface area contributed by atoms with Crippen LogP contribution in [0.15, 0.2) is 52.1 Å². The van der Waals surface area contributed by atoms with Crippen LogP contribution in [0.4, 0.5) is 4.39 Å². The Labute approximate surface area is 137 Å². The first-order valence-corrected chi connectivity index (χ1v) is 7.56. The van der Waals surface area contributed by atoms with Crippen molar-refractivity contribution in [3.63, 3.8) is 0 Å². The summed E-state index contributed by atoms with van der Waals surface area (Å²) in [6, 6.07) is 11.0. The van der Waals surface area contributed by atoms with E-state index in [1.807, 2.05) is 13.0 Å². The molecule has 0 radical (unpaired) electrons. The van der Waals surface area contributed by atoms with Crippen molar-refractivity contribution in [2.75, 3.05) is 6.61 Å². The molecular weight excluding hydrogens is 311 g/mol. The maximum absolute atomic E-state index is 12.9. The van der Waals surface area contributed by atoms with Crippen molar-refractivity contribution in [1.29, 1.82) is 0 Å². The largest absolute Gasteiger partial charge is 0.492 e. The van der Waals surface area contributed by atoms with E-state index in [0.29, 0.717) is 16.7 Å². The number of aryl methyl sites for hydroxylation is 2. The van der Waals surface area contributed by atoms with Gasteiger partial charge in [0.05, 0.1) is 17.4 Å². The van der Waals surface area contributed by atoms with Crippen LogP contribution in [0.25, 0.3) is 10.9 Å². The van der Waals surface area contributed by atoms with Gasteiger partial charge in [0, 0.05) is 7.05 Å². The summed E-state index contributed by atoms with van der Waals surface area (Å²) < 4.78 is 20.9. The molecule has 0 unspecified atom stereocenters. The van der Waals surface area contributed by atoms with E-state index in [1.165, 1.54) is 28.8 Å². The van der Waals surface area contributed by atoms with Crippen LogP contribution in [0.2, 0.25) is 0 Å². The zero-order valence-electron chi connectivity index (χ0n) is 13.5. The number of hydrogen-bond donors (Lipinski definition) is 0. The molecular formula is C18H17FN2O3. The third kappa shape index (κ3) is 2.95. The summed E-state index contributed by atoms with van der Waals surface area (Å²) >= 11 is 0. The molecule has 0 aliphatic heterocycles. The van der Waals surface area contributed by atoms with E-state index in [2.05, 4.69) is 0 Å². The average Bonchev–Trinajstić information content (AvgIpc) is 2.57. The number of ether oxygens (including phenoxy) is 1. The normalized spacial score (nSPS) is 11.0. The molecule has 24 heavy (non-hydrogen) atoms. The van der Waals surface area contributed by atoms with Crippen LogP contribution in [0, 0.1) is 12.7 Å². The first kappa shape index (κ1) is 16.0. The Bertz CT molecular complexity index is 1000. The molecule has 0 aliphatic rings. The monoisotopic (exact) mass is 328 g/mol. The lowest BCUT2D eigenvalue weighted by atomic mass is 10.1. The smallest absolute Gasteiger partial charge is 0.331 e. The molecule has 124 valence electrons. The first-order chi connectivity index (χ1) is 11.5. The maximum atomic E-state index is 12.9. The molecule has 0 spiro atoms. The summed E-state index contributed by atoms with van der Waals surface area (Å²) in [5.41, 5.74) is 0.831. The molecule has 2 aromatic carbocycles. The van der Waals surface area contributed by atoms with Gasteiger partial charge in [0.2, 0.25) is 0 Å². The van der Waals surface area contributed by atoms with Crippen molar-refractivity contribution in [3.8, 4) is 5.75 Å². The van der Waals surface area contributed by atoms with Gasteiger partial charge < -0.3 is 4.74 Å². The quantitative estimate of drug-likeness (QED) is 0.738. The molecule has 1 heterocycles. The molecule has 0 bridgehead atoms. The zero-order chi connectivity index (χ0) is 17.3. The predicted molar refractivity (Wildman–Crippen MR) is 90.1 cm³/mol. The average molecular weight is 328 g/mol. The minimum absolute atomic E-state index is 0.118. The van der Waals surface area contributed by atoms with Gasteiger partial charge in [-0.05, 0) is 43.3 Å². The molecule has 0 atom stereocenters. The minimum atomic E-state index is -0.390. The van der Waals surface area contributed by atoms with Gasteiger partial charge in [0.25, 0.3) is 5.56 Å². The Morgan fingerprint density at radius 1 is 1.08 bits per heavy atom. The highest BCUT2D eigenvalue weighted by Gasteiger charge is 2.11. The van der Waals surface area contributed by atoms with Gasteiger partial charge in [-0.3, -0.25) is 13.9 Å². The number of benzene rings is 2. The molecule has 3 aromatic rings. The molecule has 0 aliphatic carbocycles. The topological polar surface area (TPSA) is 53.2 Å². The number of hydrogen-bond acceptors (Lipinski definition) is 3. The molecule has 3 rings (SSSR count). The molecule has 1 aromatic heterocycles. The van der Waals surface area contributed by atoms with Crippen LogP contribution in [-0.4, -0.2) is 15.7 Å². The van der Waals surface area contributed by atoms with Gasteiger partial charge in [0.1, 0.15) is 18.2 Å². The second-order valence-electron chi connectivity index (χ2n) is 5.62. The van der Waals surface area contributed by atoms with Gasteiger partial charge >= 0.3 is 5.69 Å². The summed E-state index contributed by atoms with van der Waals surface area (Å²) in [5.74, 6) is 0.134. The number of halogens is 1. The van der Waals surface area contributed by atoms with Crippen LogP contribution >= 0.6 is 0 Å². The SMILES string of the molecule is Cc1ccc2c(c1)c(=O)n(CCOc1ccc(F)cc1)c(=O)n2C. The van der Waals surface area contributed by atoms with Crippen molar-refractivity contribution in [2.45, 2.75) is 13.5 Å². The maximum Gasteiger partial charge on any atom is 0.331 e. The Hall–Kier alpha value is -2.89. The van der Waals surface area contributed by atoms with Gasteiger partial charge in [-0.25, -0.2) is 9.18 Å². The fourth-order valence-corrected chi connectivity index (χ4v) is 2.61. The highest BCUT2D eigenvalue weighted by molar-refractivity contribution is 5.78. The van der Waals surface area contributed by atoms with Crippen LogP contribution in [0.3, 0.4) is 0 Å². The lowest BCUT2D eigenvalue weighted by Gasteiger charge is -2.12. The Morgan fingerprint density at radius 3 is 2.50 bits per heavy atom. The van der Waals surface area contributed by atoms with Crippen LogP contribution < -0.4 is 16.0 Å². The van der Waals surface area contributed by atoms with E-state index in [9.17, 15) is 14.0 Å². The summed E-state index contributed by atoms with van der Waals surface area (Å²) in [6.45, 7) is 2.15. The van der Waals surface area contributed by atoms with Gasteiger partial charge in [-0.2, -0.15) is 0 Å². The van der Waals surface area contributed by atoms with E-state index < -0.39 is 0 Å². The third-order valence-electron chi connectivity index (χ3n) is 3.90. The minimum Gasteiger partial charge on any atom is -0.492 e. The van der Waals surface area contributed by atoms with Crippen LogP contribution in [-0.2, 0) is 13.6 Å². The Balaban J connectivity index is 1.90. The number of rotatable bonds is 4. The Kier molecular flexibility index (Phi) is 4.20. The fraction of sp³-hybridized carbons (Fsp3) is 0.222. The van der Waals surface area contributed by atoms with Gasteiger partial charge in [-0.15, -0.1) is 0 Å². The van der Waals surface area contributed by atoms with E-state index in [4.69, 9.17) is 4.74 Å². The Morgan fingerprint density at radius 2 is 1.79 bits per heavy atom. The van der Waals surface area contributed by atoms with Crippen molar-refractivity contribution < 1.29 is 9.13 Å². The van der Waals surface area contributed by atoms with E-state index in [0.717, 1.165) is 10.1 Å². The summed E-state index contributed by atoms with van der Waals surface area (Å²) in [4.78, 5) is 25.0. The highest BCUT2D eigenvalue weighted by Crippen LogP contribution is 2.11. The molecule has 0 fully saturated rings. The summed E-state index contributed by atoms with van der Waals surface area (Å²) in [5, 5.41) is 0.499. The molecule has 0 saturated carbocycles. The van der Waals surface area contributed by atoms with Gasteiger partial charge in [-0.1, -0.05) is 11.6 Å². The van der Waals surface area contributed by atoms with Crippen molar-refractivity contribution in [2.24, 2.45) is 7.05 Å². The third-order valence-corrected chi connectivity index (χ3v) is 3.90. The van der Waals surface area contributed by atoms with Crippen molar-refractivity contribution in [1.82, 2.24) is 9.13 Å². The van der Waals surface area contributed by atoms with E-state index in [1.54, 1.807) is 19.2 Å². The number of nitrogens with zero attached hydrogens (tertiary/aromatic N) is 2. The second-order valence-corrected chi connectivity index (χ2v) is 5.62. The van der Waals surface area contributed by atoms with Gasteiger partial charge in [0.15, 0.2) is 0 Å². The predicted octanol–water partition coefficient (Wildman–Crippen LogP) is 2.23. The molecule has 0 N–H and O–H groups in total. The summed E-state index contributed by atoms with van der Waals surface area (Å²) in [7, 11) is 1.64. The second kappa shape index (κ2) is 6.31. The highest BCUT2D eigenvalue weighted by atomic mass is 19.1. The molecule has 6 heteroatoms. The zero-order valence-corrected chi connectivity index (χ0v) is 13.5. The lowest BCUT2D eigenvalue weighted by molar-refractivity contribution is 0.292. The number of fused-ring (bicyclic) bond motifs is 1. The molecule has 5 nitrogen and oxygen atoms in total. The van der Waals surface area contributed by atoms with Crippen molar-refractivity contribution in [3.05, 3.63) is 74.7 Å². The van der Waals surface area contributed by atoms with Crippen LogP contribution in [0.1, 0.15) is 5.56 Å². The van der Waals surface area contributed by atoms with Crippen LogP contribution in [0.5, 0.6) is 5.75 Å². The summed E-state index contributed by atoms with van der Waals surface area (Å²) in [6.07, 6.45) is 0. The van der Waals surface area contributed by atoms with E-state index in [-0.39, 0.29) is 30.2 Å².